The molecule has 0 bridgehead atoms. The minimum absolute atomic E-state index is 0.000163. The molecule has 1 N–H and O–H groups in total. The van der Waals surface area contributed by atoms with Gasteiger partial charge in [-0.15, -0.1) is 0 Å². The Balaban J connectivity index is 1.48. The van der Waals surface area contributed by atoms with E-state index in [1.54, 1.807) is 7.11 Å². The summed E-state index contributed by atoms with van der Waals surface area (Å²) >= 11 is 0. The molecule has 1 aromatic heterocycles. The molecule has 2 aromatic rings. The lowest BCUT2D eigenvalue weighted by atomic mass is 9.97. The highest BCUT2D eigenvalue weighted by Gasteiger charge is 2.26. The van der Waals surface area contributed by atoms with Crippen molar-refractivity contribution in [3.05, 3.63) is 30.2 Å². The summed E-state index contributed by atoms with van der Waals surface area (Å²) in [6.45, 7) is 6.20. The van der Waals surface area contributed by atoms with Crippen LogP contribution in [0.2, 0.25) is 0 Å². The minimum Gasteiger partial charge on any atom is -0.497 e. The van der Waals surface area contributed by atoms with Crippen LogP contribution in [0.1, 0.15) is 32.1 Å². The molecule has 0 radical (unpaired) electrons. The number of nitrogens with one attached hydrogen (secondary N) is 1. The molecule has 0 aliphatic carbocycles. The van der Waals surface area contributed by atoms with Gasteiger partial charge in [0.1, 0.15) is 5.75 Å². The first-order valence-electron chi connectivity index (χ1n) is 10.2. The number of amides is 1. The van der Waals surface area contributed by atoms with Crippen molar-refractivity contribution in [1.82, 2.24) is 20.4 Å². The zero-order valence-corrected chi connectivity index (χ0v) is 17.2. The Bertz CT molecular complexity index is 762. The molecule has 0 saturated carbocycles. The van der Waals surface area contributed by atoms with Gasteiger partial charge in [-0.2, -0.15) is 4.98 Å². The van der Waals surface area contributed by atoms with Gasteiger partial charge in [0.25, 0.3) is 0 Å². The van der Waals surface area contributed by atoms with Crippen LogP contribution in [0.4, 0.5) is 0 Å². The van der Waals surface area contributed by atoms with Gasteiger partial charge < -0.3 is 19.3 Å². The monoisotopic (exact) mass is 402 g/mol. The third kappa shape index (κ3) is 6.27. The number of piperidine rings is 1. The quantitative estimate of drug-likeness (QED) is 0.611. The van der Waals surface area contributed by atoms with E-state index in [-0.39, 0.29) is 11.8 Å². The van der Waals surface area contributed by atoms with Crippen molar-refractivity contribution < 1.29 is 18.8 Å². The number of methoxy groups -OCH3 is 1. The topological polar surface area (TPSA) is 89.7 Å². The van der Waals surface area contributed by atoms with Crippen LogP contribution in [0, 0.1) is 5.92 Å². The van der Waals surface area contributed by atoms with Crippen LogP contribution in [0.3, 0.4) is 0 Å². The van der Waals surface area contributed by atoms with Gasteiger partial charge in [-0.1, -0.05) is 5.16 Å². The summed E-state index contributed by atoms with van der Waals surface area (Å²) in [6.07, 6.45) is 2.73. The summed E-state index contributed by atoms with van der Waals surface area (Å²) in [6, 6.07) is 7.54. The lowest BCUT2D eigenvalue weighted by molar-refractivity contribution is -0.126. The molecule has 1 fully saturated rings. The van der Waals surface area contributed by atoms with Crippen molar-refractivity contribution in [1.29, 1.82) is 0 Å². The Hall–Kier alpha value is -2.45. The maximum absolute atomic E-state index is 12.4. The van der Waals surface area contributed by atoms with E-state index in [4.69, 9.17) is 14.0 Å². The molecule has 158 valence electrons. The third-order valence-electron chi connectivity index (χ3n) is 5.02. The average molecular weight is 402 g/mol. The van der Waals surface area contributed by atoms with Crippen LogP contribution in [0.25, 0.3) is 11.4 Å². The number of carbonyl (C=O) groups excluding carboxylic acids is 1. The number of rotatable bonds is 10. The standard InChI is InChI=1S/C21H30N4O4/c1-3-28-13-5-11-22-21(26)17-6-4-12-25(14-17)15-19-23-20(24-29-19)16-7-9-18(27-2)10-8-16/h7-10,17H,3-6,11-15H2,1-2H3,(H,22,26). The largest absolute Gasteiger partial charge is 0.497 e. The van der Waals surface area contributed by atoms with Crippen molar-refractivity contribution in [2.24, 2.45) is 5.92 Å². The Kier molecular flexibility index (Phi) is 8.01. The van der Waals surface area contributed by atoms with Gasteiger partial charge in [0, 0.05) is 31.9 Å². The fraction of sp³-hybridized carbons (Fsp3) is 0.571. The van der Waals surface area contributed by atoms with Gasteiger partial charge >= 0.3 is 0 Å². The minimum atomic E-state index is -0.000163. The van der Waals surface area contributed by atoms with E-state index in [1.807, 2.05) is 31.2 Å². The molecule has 2 heterocycles. The number of likely N-dealkylation sites (tertiary alicyclic amines) is 1. The van der Waals surface area contributed by atoms with E-state index in [0.717, 1.165) is 37.1 Å². The molecule has 1 atom stereocenters. The summed E-state index contributed by atoms with van der Waals surface area (Å²) in [5.41, 5.74) is 0.878. The number of hydrogen-bond donors (Lipinski definition) is 1. The molecule has 1 aliphatic heterocycles. The summed E-state index contributed by atoms with van der Waals surface area (Å²) in [5.74, 6) is 2.03. The van der Waals surface area contributed by atoms with Crippen LogP contribution < -0.4 is 10.1 Å². The van der Waals surface area contributed by atoms with Crippen molar-refractivity contribution in [3.8, 4) is 17.1 Å². The van der Waals surface area contributed by atoms with Crippen molar-refractivity contribution in [3.63, 3.8) is 0 Å². The molecule has 1 aliphatic rings. The second-order valence-electron chi connectivity index (χ2n) is 7.16. The second kappa shape index (κ2) is 10.9. The SMILES string of the molecule is CCOCCCNC(=O)C1CCCN(Cc2nc(-c3ccc(OC)cc3)no2)C1. The zero-order valence-electron chi connectivity index (χ0n) is 17.2. The lowest BCUT2D eigenvalue weighted by Gasteiger charge is -2.30. The van der Waals surface area contributed by atoms with E-state index >= 15 is 0 Å². The number of ether oxygens (including phenoxy) is 2. The maximum atomic E-state index is 12.4. The molecule has 1 saturated heterocycles. The van der Waals surface area contributed by atoms with Gasteiger partial charge in [0.05, 0.1) is 19.6 Å². The highest BCUT2D eigenvalue weighted by atomic mass is 16.5. The molecule has 1 unspecified atom stereocenters. The van der Waals surface area contributed by atoms with Gasteiger partial charge in [-0.3, -0.25) is 9.69 Å². The number of benzene rings is 1. The normalized spacial score (nSPS) is 17.2. The number of nitrogens with zero attached hydrogens (tertiary/aromatic N) is 3. The van der Waals surface area contributed by atoms with Crippen LogP contribution in [-0.2, 0) is 16.1 Å². The van der Waals surface area contributed by atoms with Crippen LogP contribution in [-0.4, -0.2) is 60.9 Å². The predicted octanol–water partition coefficient (Wildman–Crippen LogP) is 2.50. The summed E-state index contributed by atoms with van der Waals surface area (Å²) in [4.78, 5) is 19.1. The fourth-order valence-electron chi connectivity index (χ4n) is 3.46. The molecular weight excluding hydrogens is 372 g/mol. The molecule has 1 amide bonds. The zero-order chi connectivity index (χ0) is 20.5. The van der Waals surface area contributed by atoms with Gasteiger partial charge in [0.2, 0.25) is 17.6 Å². The average Bonchev–Trinajstić information content (AvgIpc) is 3.22. The molecule has 8 heteroatoms. The van der Waals surface area contributed by atoms with E-state index in [0.29, 0.717) is 44.6 Å². The van der Waals surface area contributed by atoms with E-state index in [9.17, 15) is 4.79 Å². The lowest BCUT2D eigenvalue weighted by Crippen LogP contribution is -2.43. The summed E-state index contributed by atoms with van der Waals surface area (Å²) < 4.78 is 15.9. The Labute approximate surface area is 171 Å². The van der Waals surface area contributed by atoms with Gasteiger partial charge in [-0.05, 0) is 57.0 Å². The highest BCUT2D eigenvalue weighted by Crippen LogP contribution is 2.22. The summed E-state index contributed by atoms with van der Waals surface area (Å²) in [5, 5.41) is 7.11. The molecule has 8 nitrogen and oxygen atoms in total. The predicted molar refractivity (Wildman–Crippen MR) is 108 cm³/mol. The van der Waals surface area contributed by atoms with Gasteiger partial charge in [0.15, 0.2) is 0 Å². The second-order valence-corrected chi connectivity index (χ2v) is 7.16. The molecule has 29 heavy (non-hydrogen) atoms. The van der Waals surface area contributed by atoms with Crippen molar-refractivity contribution in [2.75, 3.05) is 40.0 Å². The molecule has 0 spiro atoms. The number of carbonyl (C=O) groups is 1. The van der Waals surface area contributed by atoms with Crippen molar-refractivity contribution >= 4 is 5.91 Å². The van der Waals surface area contributed by atoms with Gasteiger partial charge in [-0.25, -0.2) is 0 Å². The fourth-order valence-corrected chi connectivity index (χ4v) is 3.46. The molecule has 1 aromatic carbocycles. The summed E-state index contributed by atoms with van der Waals surface area (Å²) in [7, 11) is 1.63. The first-order valence-corrected chi connectivity index (χ1v) is 10.2. The van der Waals surface area contributed by atoms with E-state index in [1.165, 1.54) is 0 Å². The first kappa shape index (κ1) is 21.3. The molecular formula is C21H30N4O4. The smallest absolute Gasteiger partial charge is 0.241 e. The Morgan fingerprint density at radius 1 is 1.34 bits per heavy atom. The number of hydrogen-bond acceptors (Lipinski definition) is 7. The third-order valence-corrected chi connectivity index (χ3v) is 5.02. The number of aromatic nitrogens is 2. The van der Waals surface area contributed by atoms with Crippen LogP contribution in [0.5, 0.6) is 5.75 Å². The maximum Gasteiger partial charge on any atom is 0.241 e. The van der Waals surface area contributed by atoms with Crippen molar-refractivity contribution in [2.45, 2.75) is 32.7 Å². The highest BCUT2D eigenvalue weighted by molar-refractivity contribution is 5.78. The molecule has 3 rings (SSSR count). The van der Waals surface area contributed by atoms with E-state index in [2.05, 4.69) is 20.4 Å². The van der Waals surface area contributed by atoms with Crippen LogP contribution in [0.15, 0.2) is 28.8 Å². The Morgan fingerprint density at radius 2 is 2.17 bits per heavy atom. The van der Waals surface area contributed by atoms with E-state index < -0.39 is 0 Å². The Morgan fingerprint density at radius 3 is 2.93 bits per heavy atom. The first-order chi connectivity index (χ1) is 14.2. The van der Waals surface area contributed by atoms with Crippen LogP contribution >= 0.6 is 0 Å².